The Morgan fingerprint density at radius 2 is 2.08 bits per heavy atom. The molecule has 0 N–H and O–H groups in total. The molecule has 1 aliphatic heterocycles. The fourth-order valence-electron chi connectivity index (χ4n) is 3.26. The first-order chi connectivity index (χ1) is 12.1. The molecule has 0 saturated carbocycles. The highest BCUT2D eigenvalue weighted by atomic mass is 19.1. The molecule has 1 aliphatic rings. The maximum Gasteiger partial charge on any atom is 0.274 e. The van der Waals surface area contributed by atoms with Crippen LogP contribution in [0.1, 0.15) is 29.9 Å². The first-order valence-corrected chi connectivity index (χ1v) is 8.59. The summed E-state index contributed by atoms with van der Waals surface area (Å²) in [5, 5.41) is 0. The predicted molar refractivity (Wildman–Crippen MR) is 93.4 cm³/mol. The van der Waals surface area contributed by atoms with Crippen LogP contribution in [0.15, 0.2) is 42.9 Å². The number of carbonyl (C=O) groups excluding carboxylic acids is 1. The molecule has 1 saturated heterocycles. The maximum absolute atomic E-state index is 13.9. The zero-order valence-electron chi connectivity index (χ0n) is 14.6. The maximum atomic E-state index is 13.9. The normalized spacial score (nSPS) is 18.6. The molecule has 25 heavy (non-hydrogen) atoms. The minimum atomic E-state index is -0.179. The molecule has 6 heteroatoms. The lowest BCUT2D eigenvalue weighted by atomic mass is 9.98. The molecule has 1 aromatic carbocycles. The van der Waals surface area contributed by atoms with Gasteiger partial charge in [0.25, 0.3) is 5.91 Å². The van der Waals surface area contributed by atoms with Gasteiger partial charge in [0, 0.05) is 50.2 Å². The number of piperazine rings is 1. The molecule has 0 unspecified atom stereocenters. The van der Waals surface area contributed by atoms with E-state index in [2.05, 4.69) is 28.7 Å². The number of nitrogens with zero attached hydrogens (tertiary/aromatic N) is 4. The number of benzene rings is 1. The number of aromatic nitrogens is 2. The molecule has 1 aromatic heterocycles. The fourth-order valence-corrected chi connectivity index (χ4v) is 3.26. The Bertz CT molecular complexity index is 722. The van der Waals surface area contributed by atoms with Gasteiger partial charge in [0.15, 0.2) is 0 Å². The van der Waals surface area contributed by atoms with E-state index in [1.165, 1.54) is 18.5 Å². The van der Waals surface area contributed by atoms with Gasteiger partial charge in [-0.2, -0.15) is 0 Å². The zero-order chi connectivity index (χ0) is 17.8. The third-order valence-corrected chi connectivity index (χ3v) is 4.67. The summed E-state index contributed by atoms with van der Waals surface area (Å²) in [6, 6.07) is 6.93. The average Bonchev–Trinajstić information content (AvgIpc) is 2.63. The van der Waals surface area contributed by atoms with Crippen molar-refractivity contribution in [1.82, 2.24) is 19.8 Å². The Morgan fingerprint density at radius 3 is 2.76 bits per heavy atom. The molecule has 2 aromatic rings. The van der Waals surface area contributed by atoms with Gasteiger partial charge in [-0.25, -0.2) is 9.37 Å². The summed E-state index contributed by atoms with van der Waals surface area (Å²) < 4.78 is 13.9. The molecule has 0 spiro atoms. The fraction of sp³-hybridized carbons (Fsp3) is 0.421. The first-order valence-electron chi connectivity index (χ1n) is 8.59. The van der Waals surface area contributed by atoms with Gasteiger partial charge in [0.2, 0.25) is 0 Å². The van der Waals surface area contributed by atoms with Crippen molar-refractivity contribution in [2.24, 2.45) is 5.92 Å². The van der Waals surface area contributed by atoms with E-state index in [-0.39, 0.29) is 17.8 Å². The third-order valence-electron chi connectivity index (χ3n) is 4.67. The van der Waals surface area contributed by atoms with Gasteiger partial charge in [-0.3, -0.25) is 14.7 Å². The Hall–Kier alpha value is -2.34. The number of hydrogen-bond acceptors (Lipinski definition) is 4. The van der Waals surface area contributed by atoms with E-state index < -0.39 is 0 Å². The summed E-state index contributed by atoms with van der Waals surface area (Å²) in [7, 11) is 0. The van der Waals surface area contributed by atoms with E-state index >= 15 is 0 Å². The molecule has 132 valence electrons. The molecular weight excluding hydrogens is 319 g/mol. The number of halogens is 1. The standard InChI is InChI=1S/C19H23FN4O/c1-14(2)18-13-23(12-15-5-3-4-6-16(15)20)9-10-24(18)19(25)17-11-21-7-8-22-17/h3-8,11,14,18H,9-10,12-13H2,1-2H3/t18-/m1/s1. The first kappa shape index (κ1) is 17.5. The Balaban J connectivity index is 1.73. The lowest BCUT2D eigenvalue weighted by Crippen LogP contribution is -2.57. The van der Waals surface area contributed by atoms with Crippen LogP contribution in [-0.2, 0) is 6.54 Å². The summed E-state index contributed by atoms with van der Waals surface area (Å²) in [4.78, 5) is 25.0. The largest absolute Gasteiger partial charge is 0.331 e. The molecule has 5 nitrogen and oxygen atoms in total. The van der Waals surface area contributed by atoms with Crippen LogP contribution in [0.4, 0.5) is 4.39 Å². The average molecular weight is 342 g/mol. The second-order valence-corrected chi connectivity index (χ2v) is 6.73. The number of rotatable bonds is 4. The Kier molecular flexibility index (Phi) is 5.38. The minimum Gasteiger partial charge on any atom is -0.331 e. The van der Waals surface area contributed by atoms with Crippen molar-refractivity contribution in [3.8, 4) is 0 Å². The highest BCUT2D eigenvalue weighted by Crippen LogP contribution is 2.21. The van der Waals surface area contributed by atoms with Crippen LogP contribution in [0.5, 0.6) is 0 Å². The van der Waals surface area contributed by atoms with E-state index in [4.69, 9.17) is 0 Å². The molecular formula is C19H23FN4O. The molecule has 1 fully saturated rings. The van der Waals surface area contributed by atoms with Crippen molar-refractivity contribution < 1.29 is 9.18 Å². The molecule has 1 amide bonds. The number of amides is 1. The van der Waals surface area contributed by atoms with Crippen molar-refractivity contribution in [2.75, 3.05) is 19.6 Å². The van der Waals surface area contributed by atoms with Gasteiger partial charge in [0.1, 0.15) is 11.5 Å². The van der Waals surface area contributed by atoms with Crippen molar-refractivity contribution in [3.63, 3.8) is 0 Å². The van der Waals surface area contributed by atoms with Crippen LogP contribution in [-0.4, -0.2) is 51.4 Å². The van der Waals surface area contributed by atoms with Crippen LogP contribution in [0, 0.1) is 11.7 Å². The van der Waals surface area contributed by atoms with Crippen molar-refractivity contribution in [2.45, 2.75) is 26.4 Å². The van der Waals surface area contributed by atoms with E-state index in [1.54, 1.807) is 12.3 Å². The molecule has 0 aliphatic carbocycles. The molecule has 0 radical (unpaired) electrons. The highest BCUT2D eigenvalue weighted by Gasteiger charge is 2.33. The van der Waals surface area contributed by atoms with Crippen LogP contribution in [0.2, 0.25) is 0 Å². The monoisotopic (exact) mass is 342 g/mol. The highest BCUT2D eigenvalue weighted by molar-refractivity contribution is 5.92. The Morgan fingerprint density at radius 1 is 1.28 bits per heavy atom. The summed E-state index contributed by atoms with van der Waals surface area (Å²) in [6.45, 7) is 6.81. The second-order valence-electron chi connectivity index (χ2n) is 6.73. The van der Waals surface area contributed by atoms with E-state index in [1.807, 2.05) is 17.0 Å². The van der Waals surface area contributed by atoms with Crippen LogP contribution in [0.25, 0.3) is 0 Å². The van der Waals surface area contributed by atoms with Gasteiger partial charge in [0.05, 0.1) is 6.20 Å². The lowest BCUT2D eigenvalue weighted by Gasteiger charge is -2.43. The van der Waals surface area contributed by atoms with Crippen LogP contribution in [0.3, 0.4) is 0 Å². The van der Waals surface area contributed by atoms with Crippen molar-refractivity contribution in [1.29, 1.82) is 0 Å². The quantitative estimate of drug-likeness (QED) is 0.857. The molecule has 2 heterocycles. The molecule has 0 bridgehead atoms. The van der Waals surface area contributed by atoms with Gasteiger partial charge in [-0.15, -0.1) is 0 Å². The summed E-state index contributed by atoms with van der Waals surface area (Å²) in [5.74, 6) is 0.0306. The third kappa shape index (κ3) is 4.02. The van der Waals surface area contributed by atoms with Gasteiger partial charge in [-0.05, 0) is 12.0 Å². The summed E-state index contributed by atoms with van der Waals surface area (Å²) >= 11 is 0. The van der Waals surface area contributed by atoms with Gasteiger partial charge in [-0.1, -0.05) is 32.0 Å². The van der Waals surface area contributed by atoms with E-state index in [0.717, 1.165) is 6.54 Å². The molecule has 3 rings (SSSR count). The van der Waals surface area contributed by atoms with Crippen molar-refractivity contribution >= 4 is 5.91 Å². The summed E-state index contributed by atoms with van der Waals surface area (Å²) in [5.41, 5.74) is 1.06. The van der Waals surface area contributed by atoms with Gasteiger partial charge >= 0.3 is 0 Å². The zero-order valence-corrected chi connectivity index (χ0v) is 14.6. The number of hydrogen-bond donors (Lipinski definition) is 0. The lowest BCUT2D eigenvalue weighted by molar-refractivity contribution is 0.0321. The molecule has 1 atom stereocenters. The van der Waals surface area contributed by atoms with Crippen LogP contribution < -0.4 is 0 Å². The number of carbonyl (C=O) groups is 1. The predicted octanol–water partition coefficient (Wildman–Crippen LogP) is 2.60. The van der Waals surface area contributed by atoms with Crippen LogP contribution >= 0.6 is 0 Å². The topological polar surface area (TPSA) is 49.3 Å². The van der Waals surface area contributed by atoms with E-state index in [0.29, 0.717) is 36.8 Å². The second kappa shape index (κ2) is 7.70. The van der Waals surface area contributed by atoms with Crippen molar-refractivity contribution in [3.05, 3.63) is 59.9 Å². The van der Waals surface area contributed by atoms with E-state index in [9.17, 15) is 9.18 Å². The minimum absolute atomic E-state index is 0.0648. The SMILES string of the molecule is CC(C)[C@H]1CN(Cc2ccccc2F)CCN1C(=O)c1cnccn1. The smallest absolute Gasteiger partial charge is 0.274 e. The van der Waals surface area contributed by atoms with Gasteiger partial charge < -0.3 is 4.90 Å². The summed E-state index contributed by atoms with van der Waals surface area (Å²) in [6.07, 6.45) is 4.60. The Labute approximate surface area is 147 Å².